The van der Waals surface area contributed by atoms with Gasteiger partial charge in [0, 0.05) is 26.7 Å². The average Bonchev–Trinajstić information content (AvgIpc) is 2.69. The second-order valence-corrected chi connectivity index (χ2v) is 4.78. The van der Waals surface area contributed by atoms with Crippen LogP contribution in [-0.2, 0) is 11.3 Å². The number of likely N-dealkylation sites (N-methyl/N-ethyl adjacent to an activating group) is 1. The van der Waals surface area contributed by atoms with Crippen molar-refractivity contribution in [3.8, 4) is 0 Å². The van der Waals surface area contributed by atoms with E-state index in [1.165, 1.54) is 5.52 Å². The Bertz CT molecular complexity index is 561. The van der Waals surface area contributed by atoms with Gasteiger partial charge < -0.3 is 19.2 Å². The molecule has 1 aromatic carbocycles. The molecule has 1 heterocycles. The maximum absolute atomic E-state index is 5.36. The number of ether oxygens (including phenoxy) is 1. The molecular formula is C13H19N3OS. The number of benzene rings is 1. The van der Waals surface area contributed by atoms with E-state index in [4.69, 9.17) is 17.0 Å². The molecule has 0 radical (unpaired) electrons. The van der Waals surface area contributed by atoms with Crippen LogP contribution in [-0.4, -0.2) is 48.3 Å². The predicted molar refractivity (Wildman–Crippen MR) is 76.5 cm³/mol. The lowest BCUT2D eigenvalue weighted by atomic mass is 10.3. The fourth-order valence-corrected chi connectivity index (χ4v) is 2.26. The summed E-state index contributed by atoms with van der Waals surface area (Å²) in [6.45, 7) is 3.55. The van der Waals surface area contributed by atoms with Crippen molar-refractivity contribution in [2.24, 2.45) is 0 Å². The summed E-state index contributed by atoms with van der Waals surface area (Å²) in [5.41, 5.74) is 2.27. The maximum Gasteiger partial charge on any atom is 0.178 e. The zero-order chi connectivity index (χ0) is 13.0. The molecule has 98 valence electrons. The molecule has 0 aliphatic heterocycles. The number of nitrogens with one attached hydrogen (secondary N) is 1. The van der Waals surface area contributed by atoms with Gasteiger partial charge in [-0.2, -0.15) is 0 Å². The number of aromatic nitrogens is 2. The van der Waals surface area contributed by atoms with Crippen LogP contribution in [0.25, 0.3) is 11.0 Å². The van der Waals surface area contributed by atoms with Gasteiger partial charge in [0.05, 0.1) is 17.6 Å². The first-order valence-corrected chi connectivity index (χ1v) is 6.48. The topological polar surface area (TPSA) is 33.2 Å². The molecule has 2 aromatic rings. The lowest BCUT2D eigenvalue weighted by Gasteiger charge is -2.16. The molecule has 0 unspecified atom stereocenters. The summed E-state index contributed by atoms with van der Waals surface area (Å²) in [4.78, 5) is 5.47. The molecule has 5 heteroatoms. The highest BCUT2D eigenvalue weighted by Crippen LogP contribution is 2.13. The number of nitrogens with zero attached hydrogens (tertiary/aromatic N) is 2. The first-order chi connectivity index (χ1) is 8.72. The Hall–Kier alpha value is -1.17. The van der Waals surface area contributed by atoms with E-state index in [9.17, 15) is 0 Å². The first kappa shape index (κ1) is 13.3. The number of methoxy groups -OCH3 is 1. The third-order valence-corrected chi connectivity index (χ3v) is 3.39. The van der Waals surface area contributed by atoms with Crippen LogP contribution in [0.4, 0.5) is 0 Å². The predicted octanol–water partition coefficient (Wildman–Crippen LogP) is 2.28. The van der Waals surface area contributed by atoms with Crippen molar-refractivity contribution in [3.63, 3.8) is 0 Å². The Labute approximate surface area is 112 Å². The molecule has 18 heavy (non-hydrogen) atoms. The lowest BCUT2D eigenvalue weighted by molar-refractivity contribution is 0.159. The minimum Gasteiger partial charge on any atom is -0.383 e. The summed E-state index contributed by atoms with van der Waals surface area (Å²) in [5, 5.41) is 0. The molecule has 4 nitrogen and oxygen atoms in total. The zero-order valence-corrected chi connectivity index (χ0v) is 11.7. The number of H-pyrrole nitrogens is 1. The Morgan fingerprint density at radius 3 is 2.89 bits per heavy atom. The molecule has 0 saturated carbocycles. The van der Waals surface area contributed by atoms with E-state index in [1.807, 2.05) is 12.1 Å². The van der Waals surface area contributed by atoms with Crippen LogP contribution in [0.3, 0.4) is 0 Å². The van der Waals surface area contributed by atoms with E-state index in [-0.39, 0.29) is 0 Å². The Morgan fingerprint density at radius 2 is 2.11 bits per heavy atom. The van der Waals surface area contributed by atoms with Crippen molar-refractivity contribution in [2.75, 3.05) is 33.9 Å². The molecule has 0 amide bonds. The molecule has 2 rings (SSSR count). The van der Waals surface area contributed by atoms with Crippen molar-refractivity contribution in [2.45, 2.75) is 6.54 Å². The summed E-state index contributed by atoms with van der Waals surface area (Å²) < 4.78 is 8.00. The van der Waals surface area contributed by atoms with Gasteiger partial charge >= 0.3 is 0 Å². The van der Waals surface area contributed by atoms with Crippen LogP contribution in [0, 0.1) is 4.77 Å². The highest BCUT2D eigenvalue weighted by Gasteiger charge is 2.04. The van der Waals surface area contributed by atoms with Crippen molar-refractivity contribution in [3.05, 3.63) is 29.0 Å². The summed E-state index contributed by atoms with van der Waals surface area (Å²) in [6, 6.07) is 8.20. The number of imidazole rings is 1. The second kappa shape index (κ2) is 6.13. The van der Waals surface area contributed by atoms with E-state index in [0.717, 1.165) is 36.5 Å². The highest BCUT2D eigenvalue weighted by molar-refractivity contribution is 7.71. The molecule has 0 aliphatic rings. The largest absolute Gasteiger partial charge is 0.383 e. The van der Waals surface area contributed by atoms with E-state index in [2.05, 4.69) is 33.6 Å². The van der Waals surface area contributed by atoms with Gasteiger partial charge in [-0.25, -0.2) is 0 Å². The smallest absolute Gasteiger partial charge is 0.178 e. The second-order valence-electron chi connectivity index (χ2n) is 4.40. The maximum atomic E-state index is 5.36. The molecule has 0 fully saturated rings. The van der Waals surface area contributed by atoms with Gasteiger partial charge in [0.15, 0.2) is 4.77 Å². The van der Waals surface area contributed by atoms with E-state index < -0.39 is 0 Å². The Kier molecular flexibility index (Phi) is 4.52. The third-order valence-electron chi connectivity index (χ3n) is 3.06. The Balaban J connectivity index is 2.07. The monoisotopic (exact) mass is 265 g/mol. The number of para-hydroxylation sites is 2. The quantitative estimate of drug-likeness (QED) is 0.813. The summed E-state index contributed by atoms with van der Waals surface area (Å²) >= 11 is 5.36. The first-order valence-electron chi connectivity index (χ1n) is 6.07. The van der Waals surface area contributed by atoms with Crippen LogP contribution >= 0.6 is 12.2 Å². The van der Waals surface area contributed by atoms with Crippen LogP contribution in [0.15, 0.2) is 24.3 Å². The minimum absolute atomic E-state index is 0.760. The van der Waals surface area contributed by atoms with Gasteiger partial charge in [-0.05, 0) is 31.4 Å². The van der Waals surface area contributed by atoms with Gasteiger partial charge in [0.25, 0.3) is 0 Å². The number of hydrogen-bond donors (Lipinski definition) is 1. The molecule has 0 spiro atoms. The van der Waals surface area contributed by atoms with E-state index in [0.29, 0.717) is 0 Å². The number of rotatable bonds is 6. The van der Waals surface area contributed by atoms with Crippen molar-refractivity contribution in [1.82, 2.24) is 14.5 Å². The lowest BCUT2D eigenvalue weighted by Crippen LogP contribution is -2.26. The molecule has 0 bridgehead atoms. The van der Waals surface area contributed by atoms with Crippen molar-refractivity contribution < 1.29 is 4.74 Å². The third kappa shape index (κ3) is 2.98. The van der Waals surface area contributed by atoms with E-state index in [1.54, 1.807) is 7.11 Å². The Morgan fingerprint density at radius 1 is 1.33 bits per heavy atom. The summed E-state index contributed by atoms with van der Waals surface area (Å²) in [5.74, 6) is 0. The molecule has 1 N–H and O–H groups in total. The van der Waals surface area contributed by atoms with Crippen LogP contribution < -0.4 is 0 Å². The molecule has 0 atom stereocenters. The van der Waals surface area contributed by atoms with Crippen molar-refractivity contribution in [1.29, 1.82) is 0 Å². The SMILES string of the molecule is COCCN(C)CCn1c(=S)[nH]c2ccccc21. The standard InChI is InChI=1S/C13H19N3OS/c1-15(9-10-17-2)7-8-16-12-6-4-3-5-11(12)14-13(16)18/h3-6H,7-10H2,1-2H3,(H,14,18). The fraction of sp³-hybridized carbons (Fsp3) is 0.462. The number of hydrogen-bond acceptors (Lipinski definition) is 3. The van der Waals surface area contributed by atoms with Crippen LogP contribution in [0.5, 0.6) is 0 Å². The fourth-order valence-electron chi connectivity index (χ4n) is 1.96. The van der Waals surface area contributed by atoms with Gasteiger partial charge in [-0.15, -0.1) is 0 Å². The highest BCUT2D eigenvalue weighted by atomic mass is 32.1. The normalized spacial score (nSPS) is 11.5. The molecule has 0 aliphatic carbocycles. The minimum atomic E-state index is 0.760. The van der Waals surface area contributed by atoms with Gasteiger partial charge in [-0.1, -0.05) is 12.1 Å². The number of aromatic amines is 1. The van der Waals surface area contributed by atoms with Crippen LogP contribution in [0.1, 0.15) is 0 Å². The van der Waals surface area contributed by atoms with E-state index >= 15 is 0 Å². The average molecular weight is 265 g/mol. The van der Waals surface area contributed by atoms with Gasteiger partial charge in [0.1, 0.15) is 0 Å². The number of fused-ring (bicyclic) bond motifs is 1. The van der Waals surface area contributed by atoms with Gasteiger partial charge in [-0.3, -0.25) is 0 Å². The molecule has 0 saturated heterocycles. The zero-order valence-electron chi connectivity index (χ0n) is 10.8. The molecular weight excluding hydrogens is 246 g/mol. The summed E-state index contributed by atoms with van der Waals surface area (Å²) in [7, 11) is 3.82. The summed E-state index contributed by atoms with van der Waals surface area (Å²) in [6.07, 6.45) is 0. The van der Waals surface area contributed by atoms with Crippen LogP contribution in [0.2, 0.25) is 0 Å². The van der Waals surface area contributed by atoms with Crippen molar-refractivity contribution >= 4 is 23.3 Å². The van der Waals surface area contributed by atoms with Gasteiger partial charge in [0.2, 0.25) is 0 Å². The molecule has 1 aromatic heterocycles.